The van der Waals surface area contributed by atoms with Gasteiger partial charge < -0.3 is 20.2 Å². The van der Waals surface area contributed by atoms with Crippen molar-refractivity contribution >= 4 is 17.8 Å². The van der Waals surface area contributed by atoms with E-state index in [0.717, 1.165) is 44.8 Å². The smallest absolute Gasteiger partial charge is 0.231 e. The van der Waals surface area contributed by atoms with E-state index >= 15 is 0 Å². The van der Waals surface area contributed by atoms with Crippen LogP contribution in [0.3, 0.4) is 0 Å². The van der Waals surface area contributed by atoms with Crippen molar-refractivity contribution in [3.63, 3.8) is 0 Å². The van der Waals surface area contributed by atoms with E-state index in [0.29, 0.717) is 11.9 Å². The lowest BCUT2D eigenvalue weighted by molar-refractivity contribution is 0.283. The number of nitrogens with one attached hydrogen (secondary N) is 1. The molecule has 1 aliphatic rings. The number of aliphatic hydroxyl groups excluding tert-OH is 1. The Balaban J connectivity index is 2.04. The fourth-order valence-electron chi connectivity index (χ4n) is 2.43. The molecule has 0 bridgehead atoms. The highest BCUT2D eigenvalue weighted by molar-refractivity contribution is 5.45. The standard InChI is InChI=1S/C14H26N6O/c1-15-12-16-13(19(2)8-4-3-7-11-21)18-14(17-12)20-9-5-6-10-20/h21H,3-11H2,1-2H3,(H,15,16,17,18). The lowest BCUT2D eigenvalue weighted by Crippen LogP contribution is -2.26. The molecule has 0 radical (unpaired) electrons. The van der Waals surface area contributed by atoms with Crippen LogP contribution in [0.5, 0.6) is 0 Å². The number of rotatable bonds is 8. The zero-order valence-electron chi connectivity index (χ0n) is 13.0. The van der Waals surface area contributed by atoms with Crippen LogP contribution in [0.2, 0.25) is 0 Å². The molecule has 1 aromatic heterocycles. The van der Waals surface area contributed by atoms with Gasteiger partial charge in [-0.2, -0.15) is 15.0 Å². The molecular formula is C14H26N6O. The topological polar surface area (TPSA) is 77.4 Å². The number of anilines is 3. The van der Waals surface area contributed by atoms with Gasteiger partial charge in [0.1, 0.15) is 0 Å². The molecule has 0 aliphatic carbocycles. The molecule has 1 aliphatic heterocycles. The van der Waals surface area contributed by atoms with Crippen molar-refractivity contribution in [1.29, 1.82) is 0 Å². The van der Waals surface area contributed by atoms with Crippen LogP contribution in [0.15, 0.2) is 0 Å². The maximum atomic E-state index is 8.81. The molecule has 21 heavy (non-hydrogen) atoms. The molecule has 0 amide bonds. The van der Waals surface area contributed by atoms with Crippen LogP contribution in [0.25, 0.3) is 0 Å². The summed E-state index contributed by atoms with van der Waals surface area (Å²) in [6.45, 7) is 3.19. The van der Waals surface area contributed by atoms with E-state index in [-0.39, 0.29) is 6.61 Å². The Labute approximate surface area is 126 Å². The normalized spacial score (nSPS) is 14.5. The van der Waals surface area contributed by atoms with Crippen molar-refractivity contribution in [3.05, 3.63) is 0 Å². The third-order valence-electron chi connectivity index (χ3n) is 3.72. The van der Waals surface area contributed by atoms with E-state index in [4.69, 9.17) is 5.11 Å². The first-order valence-corrected chi connectivity index (χ1v) is 7.75. The van der Waals surface area contributed by atoms with Gasteiger partial charge in [-0.15, -0.1) is 0 Å². The SMILES string of the molecule is CNc1nc(N(C)CCCCCO)nc(N2CCCC2)n1. The summed E-state index contributed by atoms with van der Waals surface area (Å²) in [5.74, 6) is 2.09. The third kappa shape index (κ3) is 4.42. The monoisotopic (exact) mass is 294 g/mol. The lowest BCUT2D eigenvalue weighted by Gasteiger charge is -2.21. The summed E-state index contributed by atoms with van der Waals surface area (Å²) in [5.41, 5.74) is 0. The van der Waals surface area contributed by atoms with Crippen LogP contribution in [-0.2, 0) is 0 Å². The van der Waals surface area contributed by atoms with Crippen LogP contribution in [-0.4, -0.2) is 60.4 Å². The van der Waals surface area contributed by atoms with Gasteiger partial charge in [-0.05, 0) is 32.1 Å². The lowest BCUT2D eigenvalue weighted by atomic mass is 10.2. The fraction of sp³-hybridized carbons (Fsp3) is 0.786. The van der Waals surface area contributed by atoms with Gasteiger partial charge in [-0.3, -0.25) is 0 Å². The molecule has 0 saturated carbocycles. The van der Waals surface area contributed by atoms with Gasteiger partial charge >= 0.3 is 0 Å². The van der Waals surface area contributed by atoms with Crippen molar-refractivity contribution in [2.45, 2.75) is 32.1 Å². The van der Waals surface area contributed by atoms with Gasteiger partial charge in [0, 0.05) is 40.3 Å². The largest absolute Gasteiger partial charge is 0.396 e. The first-order chi connectivity index (χ1) is 10.2. The molecule has 0 atom stereocenters. The van der Waals surface area contributed by atoms with Crippen LogP contribution < -0.4 is 15.1 Å². The van der Waals surface area contributed by atoms with E-state index in [2.05, 4.69) is 30.1 Å². The summed E-state index contributed by atoms with van der Waals surface area (Å²) >= 11 is 0. The maximum absolute atomic E-state index is 8.81. The number of aromatic nitrogens is 3. The van der Waals surface area contributed by atoms with Crippen LogP contribution in [0.1, 0.15) is 32.1 Å². The van der Waals surface area contributed by atoms with Gasteiger partial charge in [0.05, 0.1) is 0 Å². The fourth-order valence-corrected chi connectivity index (χ4v) is 2.43. The zero-order valence-corrected chi connectivity index (χ0v) is 13.0. The molecule has 2 N–H and O–H groups in total. The van der Waals surface area contributed by atoms with E-state index in [1.54, 1.807) is 0 Å². The van der Waals surface area contributed by atoms with Gasteiger partial charge in [-0.1, -0.05) is 0 Å². The second-order valence-electron chi connectivity index (χ2n) is 5.41. The van der Waals surface area contributed by atoms with Gasteiger partial charge in [-0.25, -0.2) is 0 Å². The van der Waals surface area contributed by atoms with E-state index in [1.165, 1.54) is 12.8 Å². The molecule has 1 saturated heterocycles. The molecule has 0 aromatic carbocycles. The van der Waals surface area contributed by atoms with Crippen molar-refractivity contribution in [1.82, 2.24) is 15.0 Å². The zero-order chi connectivity index (χ0) is 15.1. The molecule has 7 nitrogen and oxygen atoms in total. The molecule has 1 aromatic rings. The van der Waals surface area contributed by atoms with Crippen LogP contribution in [0.4, 0.5) is 17.8 Å². The van der Waals surface area contributed by atoms with Crippen LogP contribution in [0, 0.1) is 0 Å². The first-order valence-electron chi connectivity index (χ1n) is 7.75. The predicted molar refractivity (Wildman–Crippen MR) is 85.0 cm³/mol. The second-order valence-corrected chi connectivity index (χ2v) is 5.41. The molecular weight excluding hydrogens is 268 g/mol. The summed E-state index contributed by atoms with van der Waals surface area (Å²) in [4.78, 5) is 17.8. The van der Waals surface area contributed by atoms with E-state index in [1.807, 2.05) is 14.1 Å². The Morgan fingerprint density at radius 2 is 1.90 bits per heavy atom. The summed E-state index contributed by atoms with van der Waals surface area (Å²) in [7, 11) is 3.83. The van der Waals surface area contributed by atoms with E-state index < -0.39 is 0 Å². The number of aliphatic hydroxyl groups is 1. The molecule has 2 rings (SSSR count). The number of unbranched alkanes of at least 4 members (excludes halogenated alkanes) is 2. The summed E-state index contributed by atoms with van der Waals surface area (Å²) < 4.78 is 0. The van der Waals surface area contributed by atoms with Gasteiger partial charge in [0.15, 0.2) is 0 Å². The summed E-state index contributed by atoms with van der Waals surface area (Å²) in [6, 6.07) is 0. The Morgan fingerprint density at radius 1 is 1.14 bits per heavy atom. The Morgan fingerprint density at radius 3 is 2.57 bits per heavy atom. The van der Waals surface area contributed by atoms with Gasteiger partial charge in [0.25, 0.3) is 0 Å². The molecule has 0 unspecified atom stereocenters. The Kier molecular flexibility index (Phi) is 5.98. The average Bonchev–Trinajstić information content (AvgIpc) is 3.05. The van der Waals surface area contributed by atoms with Crippen LogP contribution >= 0.6 is 0 Å². The van der Waals surface area contributed by atoms with Crippen molar-refractivity contribution in [3.8, 4) is 0 Å². The highest BCUT2D eigenvalue weighted by Crippen LogP contribution is 2.19. The molecule has 0 spiro atoms. The minimum atomic E-state index is 0.262. The Bertz CT molecular complexity index is 435. The van der Waals surface area contributed by atoms with Crippen molar-refractivity contribution in [2.75, 3.05) is 55.5 Å². The van der Waals surface area contributed by atoms with Crippen molar-refractivity contribution in [2.24, 2.45) is 0 Å². The molecule has 7 heteroatoms. The molecule has 2 heterocycles. The molecule has 1 fully saturated rings. The number of hydrogen-bond acceptors (Lipinski definition) is 7. The first kappa shape index (κ1) is 15.8. The minimum absolute atomic E-state index is 0.262. The highest BCUT2D eigenvalue weighted by Gasteiger charge is 2.18. The Hall–Kier alpha value is -1.63. The average molecular weight is 294 g/mol. The quantitative estimate of drug-likeness (QED) is 0.695. The number of nitrogens with zero attached hydrogens (tertiary/aromatic N) is 5. The molecule has 118 valence electrons. The predicted octanol–water partition coefficient (Wildman–Crippen LogP) is 1.11. The highest BCUT2D eigenvalue weighted by atomic mass is 16.2. The third-order valence-corrected chi connectivity index (χ3v) is 3.72. The number of hydrogen-bond donors (Lipinski definition) is 2. The maximum Gasteiger partial charge on any atom is 0.231 e. The minimum Gasteiger partial charge on any atom is -0.396 e. The van der Waals surface area contributed by atoms with Crippen molar-refractivity contribution < 1.29 is 5.11 Å². The summed E-state index contributed by atoms with van der Waals surface area (Å²) in [5, 5.41) is 11.8. The van der Waals surface area contributed by atoms with E-state index in [9.17, 15) is 0 Å². The second kappa shape index (κ2) is 7.97. The summed E-state index contributed by atoms with van der Waals surface area (Å²) in [6.07, 6.45) is 5.30. The van der Waals surface area contributed by atoms with Gasteiger partial charge in [0.2, 0.25) is 17.8 Å².